The van der Waals surface area contributed by atoms with Crippen LogP contribution in [0.25, 0.3) is 15.4 Å². The number of anilines is 7. The molecule has 21 heteroatoms. The van der Waals surface area contributed by atoms with Gasteiger partial charge in [0.15, 0.2) is 30.3 Å². The van der Waals surface area contributed by atoms with Crippen molar-refractivity contribution in [2.24, 2.45) is 11.8 Å². The number of aldehydes is 1. The molecule has 0 spiro atoms. The van der Waals surface area contributed by atoms with Crippen LogP contribution < -0.4 is 27.0 Å². The molecule has 6 N–H and O–H groups in total. The summed E-state index contributed by atoms with van der Waals surface area (Å²) < 4.78 is 12.9. The Kier molecular flexibility index (Phi) is 16.3. The number of amides is 2. The van der Waals surface area contributed by atoms with E-state index in [2.05, 4.69) is 60.9 Å². The summed E-state index contributed by atoms with van der Waals surface area (Å²) in [5, 5.41) is 13.1. The standard InChI is InChI=1S/C26H30N8O3.C21H28N8O2/c1-26(2,3)37-25(36)34-8-5-6-18(15-34)11-28-20-10-22(32-24-14-30-23(27-4)13-31-24)29-12-21(20)33-9-7-19(16-33)17-35;1-21(2,3)31-20(30)29-7-5-6-14(13-29)9-24-16-8-17(25-10-15(16)22)28-19-12-26-18(23-4)11-27-19/h7,9-10,12-14,16-18H,5-6,8,11,15H2,1-3H3,(H2,28,29,31,32);8,10-12,14H,5-7,9,13,22H2,1-3H3,(H2,24,25,27,28). The highest BCUT2D eigenvalue weighted by Gasteiger charge is 2.29. The Morgan fingerprint density at radius 3 is 1.66 bits per heavy atom. The van der Waals surface area contributed by atoms with Gasteiger partial charge in [0.25, 0.3) is 11.6 Å². The number of hydrogen-bond donors (Lipinski definition) is 5. The van der Waals surface area contributed by atoms with Crippen LogP contribution in [0.5, 0.6) is 0 Å². The van der Waals surface area contributed by atoms with Crippen molar-refractivity contribution in [3.63, 3.8) is 0 Å². The predicted octanol–water partition coefficient (Wildman–Crippen LogP) is 8.64. The Morgan fingerprint density at radius 2 is 1.21 bits per heavy atom. The molecule has 0 radical (unpaired) electrons. The fourth-order valence-corrected chi connectivity index (χ4v) is 7.29. The third-order valence-corrected chi connectivity index (χ3v) is 10.5. The number of pyridine rings is 2. The zero-order valence-electron chi connectivity index (χ0n) is 39.2. The summed E-state index contributed by atoms with van der Waals surface area (Å²) in [4.78, 5) is 71.3. The summed E-state index contributed by atoms with van der Waals surface area (Å²) in [5.74, 6) is 3.00. The maximum Gasteiger partial charge on any atom is 0.410 e. The van der Waals surface area contributed by atoms with Gasteiger partial charge in [0.2, 0.25) is 0 Å². The van der Waals surface area contributed by atoms with Crippen LogP contribution in [0.2, 0.25) is 0 Å². The quantitative estimate of drug-likeness (QED) is 0.0581. The van der Waals surface area contributed by atoms with Gasteiger partial charge in [-0.2, -0.15) is 0 Å². The molecule has 356 valence electrons. The lowest BCUT2D eigenvalue weighted by Crippen LogP contribution is -2.44. The monoisotopic (exact) mass is 926 g/mol. The molecule has 2 aliphatic rings. The van der Waals surface area contributed by atoms with Crippen LogP contribution in [0.4, 0.5) is 61.6 Å². The maximum absolute atomic E-state index is 12.6. The molecular weight excluding hydrogens is 869 g/mol. The molecule has 0 saturated carbocycles. The number of nitrogen functional groups attached to an aromatic ring is 1. The lowest BCUT2D eigenvalue weighted by atomic mass is 9.98. The molecule has 0 aliphatic carbocycles. The van der Waals surface area contributed by atoms with E-state index in [1.54, 1.807) is 46.7 Å². The van der Waals surface area contributed by atoms with Gasteiger partial charge < -0.3 is 60.5 Å². The normalized spacial score (nSPS) is 15.9. The molecule has 2 saturated heterocycles. The summed E-state index contributed by atoms with van der Waals surface area (Å²) >= 11 is 0. The molecule has 21 nitrogen and oxygen atoms in total. The largest absolute Gasteiger partial charge is 0.444 e. The van der Waals surface area contributed by atoms with Gasteiger partial charge >= 0.3 is 12.2 Å². The van der Waals surface area contributed by atoms with Crippen molar-refractivity contribution in [2.75, 3.05) is 66.3 Å². The number of rotatable bonds is 12. The zero-order valence-corrected chi connectivity index (χ0v) is 39.2. The first kappa shape index (κ1) is 49.4. The van der Waals surface area contributed by atoms with Gasteiger partial charge in [0, 0.05) is 69.4 Å². The number of nitrogens with one attached hydrogen (secondary N) is 4. The van der Waals surface area contributed by atoms with Gasteiger partial charge in [-0.05, 0) is 85.1 Å². The molecule has 68 heavy (non-hydrogen) atoms. The van der Waals surface area contributed by atoms with Crippen LogP contribution in [0.15, 0.2) is 67.8 Å². The van der Waals surface area contributed by atoms with Crippen molar-refractivity contribution in [3.8, 4) is 5.69 Å². The highest BCUT2D eigenvalue weighted by atomic mass is 16.6. The van der Waals surface area contributed by atoms with Gasteiger partial charge in [-0.25, -0.2) is 29.5 Å². The molecule has 2 fully saturated rings. The van der Waals surface area contributed by atoms with Crippen LogP contribution in [-0.2, 0) is 9.47 Å². The second-order valence-corrected chi connectivity index (χ2v) is 18.3. The topological polar surface area (TPSA) is 241 Å². The van der Waals surface area contributed by atoms with E-state index >= 15 is 0 Å². The van der Waals surface area contributed by atoms with E-state index in [4.69, 9.17) is 28.4 Å². The predicted molar refractivity (Wildman–Crippen MR) is 259 cm³/mol. The first-order valence-corrected chi connectivity index (χ1v) is 22.2. The number of nitrogens with zero attached hydrogens (tertiary/aromatic N) is 11. The van der Waals surface area contributed by atoms with E-state index in [0.717, 1.165) is 49.0 Å². The maximum atomic E-state index is 12.6. The van der Waals surface area contributed by atoms with Crippen molar-refractivity contribution in [1.29, 1.82) is 0 Å². The molecule has 5 aromatic rings. The molecule has 2 amide bonds. The smallest absolute Gasteiger partial charge is 0.410 e. The average Bonchev–Trinajstić information content (AvgIpc) is 3.80. The molecule has 2 atom stereocenters. The Morgan fingerprint density at radius 1 is 0.721 bits per heavy atom. The van der Waals surface area contributed by atoms with Crippen molar-refractivity contribution in [2.45, 2.75) is 78.4 Å². The Hall–Kier alpha value is -8.07. The molecule has 7 heterocycles. The second kappa shape index (κ2) is 22.4. The van der Waals surface area contributed by atoms with Crippen LogP contribution in [0.3, 0.4) is 0 Å². The molecule has 2 aliphatic heterocycles. The third-order valence-electron chi connectivity index (χ3n) is 10.5. The summed E-state index contributed by atoms with van der Waals surface area (Å²) in [7, 11) is 0. The number of piperidine rings is 2. The fraction of sp³-hybridized carbons (Fsp3) is 0.426. The summed E-state index contributed by atoms with van der Waals surface area (Å²) in [6, 6.07) is 5.39. The zero-order chi connectivity index (χ0) is 48.8. The summed E-state index contributed by atoms with van der Waals surface area (Å²) in [5.41, 5.74) is 8.45. The number of carbonyl (C=O) groups is 3. The van der Waals surface area contributed by atoms with Crippen molar-refractivity contribution in [3.05, 3.63) is 96.2 Å². The van der Waals surface area contributed by atoms with E-state index in [9.17, 15) is 14.4 Å². The minimum Gasteiger partial charge on any atom is -0.444 e. The van der Waals surface area contributed by atoms with Crippen molar-refractivity contribution < 1.29 is 23.9 Å². The van der Waals surface area contributed by atoms with Gasteiger partial charge in [-0.15, -0.1) is 9.97 Å². The van der Waals surface area contributed by atoms with Gasteiger partial charge in [-0.1, -0.05) is 13.1 Å². The number of ether oxygens (including phenoxy) is 2. The van der Waals surface area contributed by atoms with E-state index in [0.29, 0.717) is 73.8 Å². The van der Waals surface area contributed by atoms with Crippen molar-refractivity contribution >= 4 is 70.4 Å². The minimum absolute atomic E-state index is 0.211. The van der Waals surface area contributed by atoms with Crippen molar-refractivity contribution in [1.82, 2.24) is 44.3 Å². The molecule has 0 bridgehead atoms. The van der Waals surface area contributed by atoms with E-state index in [-0.39, 0.29) is 35.7 Å². The van der Waals surface area contributed by atoms with Crippen LogP contribution in [-0.4, -0.2) is 113 Å². The second-order valence-electron chi connectivity index (χ2n) is 18.3. The first-order chi connectivity index (χ1) is 32.5. The molecule has 2 unspecified atom stereocenters. The molecule has 5 aromatic heterocycles. The molecular formula is C47H58N16O5. The number of aromatic nitrogens is 7. The fourth-order valence-electron chi connectivity index (χ4n) is 7.29. The highest BCUT2D eigenvalue weighted by molar-refractivity contribution is 5.76. The highest BCUT2D eigenvalue weighted by Crippen LogP contribution is 2.28. The number of nitrogens with two attached hydrogens (primary N) is 1. The summed E-state index contributed by atoms with van der Waals surface area (Å²) in [6.45, 7) is 29.1. The number of likely N-dealkylation sites (tertiary alicyclic amines) is 2. The summed E-state index contributed by atoms with van der Waals surface area (Å²) in [6.07, 6.45) is 16.6. The van der Waals surface area contributed by atoms with E-state index in [1.165, 1.54) is 24.8 Å². The first-order valence-electron chi connectivity index (χ1n) is 22.2. The average molecular weight is 927 g/mol. The number of carbonyl (C=O) groups excluding carboxylic acids is 3. The third kappa shape index (κ3) is 14.7. The SMILES string of the molecule is [C-]#[N+]c1cnc(Nc2cc(NCC3CCCN(C(=O)OC(C)(C)C)C3)c(-n3ccc(C=O)c3)cn2)cn1.[C-]#[N+]c1cnc(Nc2cc(NCC3CCCN(C(=O)OC(C)(C)C)C3)c(N)cn2)cn1. The lowest BCUT2D eigenvalue weighted by molar-refractivity contribution is 0.0163. The van der Waals surface area contributed by atoms with Gasteiger partial charge in [0.05, 0.1) is 47.5 Å². The lowest BCUT2D eigenvalue weighted by Gasteiger charge is -2.34. The Bertz CT molecular complexity index is 2590. The van der Waals surface area contributed by atoms with Crippen LogP contribution >= 0.6 is 0 Å². The Labute approximate surface area is 395 Å². The van der Waals surface area contributed by atoms with E-state index in [1.807, 2.05) is 52.2 Å². The van der Waals surface area contributed by atoms with Crippen LogP contribution in [0, 0.1) is 25.0 Å². The van der Waals surface area contributed by atoms with Gasteiger partial charge in [-0.3, -0.25) is 4.79 Å². The minimum atomic E-state index is -0.532. The molecule has 0 aromatic carbocycles. The Balaban J connectivity index is 0.000000228. The van der Waals surface area contributed by atoms with Crippen LogP contribution in [0.1, 0.15) is 77.6 Å². The van der Waals surface area contributed by atoms with E-state index < -0.39 is 11.2 Å². The van der Waals surface area contributed by atoms with Gasteiger partial charge in [0.1, 0.15) is 22.8 Å². The molecule has 7 rings (SSSR count). The number of hydrogen-bond acceptors (Lipinski definition) is 16.